The summed E-state index contributed by atoms with van der Waals surface area (Å²) in [7, 11) is 0. The monoisotopic (exact) mass is 265 g/mol. The van der Waals surface area contributed by atoms with Gasteiger partial charge in [-0.15, -0.1) is 0 Å². The van der Waals surface area contributed by atoms with Crippen LogP contribution in [0.1, 0.15) is 42.0 Å². The number of benzene rings is 2. The Morgan fingerprint density at radius 1 is 1.05 bits per heavy atom. The van der Waals surface area contributed by atoms with Crippen molar-refractivity contribution in [3.63, 3.8) is 0 Å². The van der Waals surface area contributed by atoms with Crippen LogP contribution >= 0.6 is 0 Å². The summed E-state index contributed by atoms with van der Waals surface area (Å²) in [5, 5.41) is 9.13. The van der Waals surface area contributed by atoms with Crippen LogP contribution in [0.4, 0.5) is 0 Å². The Balaban J connectivity index is 2.34. The van der Waals surface area contributed by atoms with Gasteiger partial charge in [0, 0.05) is 0 Å². The van der Waals surface area contributed by atoms with E-state index in [1.807, 2.05) is 31.2 Å². The van der Waals surface area contributed by atoms with E-state index in [2.05, 4.69) is 32.9 Å². The van der Waals surface area contributed by atoms with Gasteiger partial charge in [-0.25, -0.2) is 0 Å². The lowest BCUT2D eigenvalue weighted by Crippen LogP contribution is -1.94. The molecular formula is C18H19NO. The molecule has 2 rings (SSSR count). The third kappa shape index (κ3) is 3.00. The largest absolute Gasteiger partial charge is 0.456 e. The Morgan fingerprint density at radius 3 is 2.40 bits per heavy atom. The molecule has 0 aromatic heterocycles. The Hall–Kier alpha value is -2.27. The Labute approximate surface area is 120 Å². The first-order valence-electron chi connectivity index (χ1n) is 6.80. The Kier molecular flexibility index (Phi) is 4.10. The van der Waals surface area contributed by atoms with Gasteiger partial charge in [0.15, 0.2) is 0 Å². The van der Waals surface area contributed by atoms with Crippen LogP contribution in [0.25, 0.3) is 0 Å². The molecule has 2 heteroatoms. The highest BCUT2D eigenvalue weighted by molar-refractivity contribution is 5.48. The third-order valence-corrected chi connectivity index (χ3v) is 3.35. The molecule has 0 atom stereocenters. The summed E-state index contributed by atoms with van der Waals surface area (Å²) in [6, 6.07) is 13.8. The molecule has 0 bridgehead atoms. The predicted octanol–water partition coefficient (Wildman–Crippen LogP) is 5.09. The number of nitriles is 1. The SMILES string of the molecule is Cc1ccc(C#N)c(Oc2ccc(C(C)C)c(C)c2)c1. The molecule has 102 valence electrons. The summed E-state index contributed by atoms with van der Waals surface area (Å²) in [5.41, 5.74) is 4.17. The van der Waals surface area contributed by atoms with Crippen LogP contribution in [-0.4, -0.2) is 0 Å². The number of rotatable bonds is 3. The van der Waals surface area contributed by atoms with E-state index in [9.17, 15) is 0 Å². The standard InChI is InChI=1S/C18H19NO/c1-12(2)17-8-7-16(10-14(17)4)20-18-9-13(3)5-6-15(18)11-19/h5-10,12H,1-4H3. The van der Waals surface area contributed by atoms with Crippen molar-refractivity contribution in [3.05, 3.63) is 58.7 Å². The summed E-state index contributed by atoms with van der Waals surface area (Å²) in [5.74, 6) is 1.89. The Bertz CT molecular complexity index is 666. The van der Waals surface area contributed by atoms with Crippen molar-refractivity contribution in [2.75, 3.05) is 0 Å². The molecular weight excluding hydrogens is 246 g/mol. The first-order chi connectivity index (χ1) is 9.51. The van der Waals surface area contributed by atoms with Crippen LogP contribution in [0.2, 0.25) is 0 Å². The highest BCUT2D eigenvalue weighted by Gasteiger charge is 2.08. The van der Waals surface area contributed by atoms with E-state index in [1.165, 1.54) is 11.1 Å². The van der Waals surface area contributed by atoms with Gasteiger partial charge in [0.1, 0.15) is 17.6 Å². The average Bonchev–Trinajstić information content (AvgIpc) is 2.38. The van der Waals surface area contributed by atoms with Crippen LogP contribution < -0.4 is 4.74 Å². The second-order valence-electron chi connectivity index (χ2n) is 5.39. The van der Waals surface area contributed by atoms with Gasteiger partial charge >= 0.3 is 0 Å². The minimum Gasteiger partial charge on any atom is -0.456 e. The van der Waals surface area contributed by atoms with Gasteiger partial charge < -0.3 is 4.74 Å². The van der Waals surface area contributed by atoms with Gasteiger partial charge in [-0.1, -0.05) is 26.0 Å². The van der Waals surface area contributed by atoms with E-state index < -0.39 is 0 Å². The molecule has 0 aliphatic carbocycles. The maximum absolute atomic E-state index is 9.13. The highest BCUT2D eigenvalue weighted by atomic mass is 16.5. The number of nitrogens with zero attached hydrogens (tertiary/aromatic N) is 1. The van der Waals surface area contributed by atoms with E-state index in [0.29, 0.717) is 17.2 Å². The van der Waals surface area contributed by atoms with Crippen LogP contribution in [0.3, 0.4) is 0 Å². The number of ether oxygens (including phenoxy) is 1. The zero-order chi connectivity index (χ0) is 14.7. The fraction of sp³-hybridized carbons (Fsp3) is 0.278. The third-order valence-electron chi connectivity index (χ3n) is 3.35. The lowest BCUT2D eigenvalue weighted by Gasteiger charge is -2.13. The maximum atomic E-state index is 9.13. The zero-order valence-corrected chi connectivity index (χ0v) is 12.4. The van der Waals surface area contributed by atoms with Crippen molar-refractivity contribution < 1.29 is 4.74 Å². The van der Waals surface area contributed by atoms with Crippen molar-refractivity contribution >= 4 is 0 Å². The van der Waals surface area contributed by atoms with Crippen molar-refractivity contribution in [1.29, 1.82) is 5.26 Å². The second kappa shape index (κ2) is 5.79. The van der Waals surface area contributed by atoms with Crippen molar-refractivity contribution in [2.45, 2.75) is 33.6 Å². The molecule has 0 heterocycles. The molecule has 2 aromatic rings. The van der Waals surface area contributed by atoms with Crippen molar-refractivity contribution in [1.82, 2.24) is 0 Å². The van der Waals surface area contributed by atoms with Gasteiger partial charge in [-0.3, -0.25) is 0 Å². The molecule has 0 aliphatic rings. The summed E-state index contributed by atoms with van der Waals surface area (Å²) in [4.78, 5) is 0. The van der Waals surface area contributed by atoms with Crippen molar-refractivity contribution in [3.8, 4) is 17.6 Å². The molecule has 2 nitrogen and oxygen atoms in total. The first kappa shape index (κ1) is 14.1. The topological polar surface area (TPSA) is 33.0 Å². The summed E-state index contributed by atoms with van der Waals surface area (Å²) < 4.78 is 5.87. The van der Waals surface area contributed by atoms with Gasteiger partial charge in [0.25, 0.3) is 0 Å². The smallest absolute Gasteiger partial charge is 0.145 e. The molecule has 0 unspecified atom stereocenters. The highest BCUT2D eigenvalue weighted by Crippen LogP contribution is 2.29. The van der Waals surface area contributed by atoms with E-state index in [0.717, 1.165) is 11.3 Å². The summed E-state index contributed by atoms with van der Waals surface area (Å²) in [6.45, 7) is 8.43. The second-order valence-corrected chi connectivity index (χ2v) is 5.39. The van der Waals surface area contributed by atoms with Gasteiger partial charge in [0.2, 0.25) is 0 Å². The molecule has 2 aromatic carbocycles. The lowest BCUT2D eigenvalue weighted by atomic mass is 9.98. The molecule has 0 fully saturated rings. The fourth-order valence-electron chi connectivity index (χ4n) is 2.29. The van der Waals surface area contributed by atoms with Gasteiger partial charge in [0.05, 0.1) is 5.56 Å². The molecule has 0 spiro atoms. The Morgan fingerprint density at radius 2 is 1.80 bits per heavy atom. The van der Waals surface area contributed by atoms with Gasteiger partial charge in [-0.05, 0) is 60.7 Å². The van der Waals surface area contributed by atoms with E-state index >= 15 is 0 Å². The predicted molar refractivity (Wildman–Crippen MR) is 81.2 cm³/mol. The zero-order valence-electron chi connectivity index (χ0n) is 12.4. The lowest BCUT2D eigenvalue weighted by molar-refractivity contribution is 0.480. The van der Waals surface area contributed by atoms with Crippen LogP contribution in [0.15, 0.2) is 36.4 Å². The maximum Gasteiger partial charge on any atom is 0.145 e. The fourth-order valence-corrected chi connectivity index (χ4v) is 2.29. The normalized spacial score (nSPS) is 10.4. The minimum absolute atomic E-state index is 0.498. The van der Waals surface area contributed by atoms with Crippen LogP contribution in [-0.2, 0) is 0 Å². The number of hydrogen-bond acceptors (Lipinski definition) is 2. The molecule has 0 aliphatic heterocycles. The number of aryl methyl sites for hydroxylation is 2. The van der Waals surface area contributed by atoms with Crippen molar-refractivity contribution in [2.24, 2.45) is 0 Å². The van der Waals surface area contributed by atoms with Crippen LogP contribution in [0, 0.1) is 25.2 Å². The molecule has 0 amide bonds. The van der Waals surface area contributed by atoms with E-state index in [4.69, 9.17) is 10.00 Å². The van der Waals surface area contributed by atoms with E-state index in [1.54, 1.807) is 6.07 Å². The summed E-state index contributed by atoms with van der Waals surface area (Å²) in [6.07, 6.45) is 0. The van der Waals surface area contributed by atoms with Crippen LogP contribution in [0.5, 0.6) is 11.5 Å². The molecule has 0 radical (unpaired) electrons. The first-order valence-corrected chi connectivity index (χ1v) is 6.80. The molecule has 20 heavy (non-hydrogen) atoms. The quantitative estimate of drug-likeness (QED) is 0.774. The minimum atomic E-state index is 0.498. The average molecular weight is 265 g/mol. The summed E-state index contributed by atoms with van der Waals surface area (Å²) >= 11 is 0. The van der Waals surface area contributed by atoms with Gasteiger partial charge in [-0.2, -0.15) is 5.26 Å². The van der Waals surface area contributed by atoms with E-state index in [-0.39, 0.29) is 0 Å². The molecule has 0 saturated heterocycles. The molecule has 0 saturated carbocycles. The number of hydrogen-bond donors (Lipinski definition) is 0. The molecule has 0 N–H and O–H groups in total.